The molecule has 0 saturated heterocycles. The van der Waals surface area contributed by atoms with E-state index in [0.717, 1.165) is 51.0 Å². The summed E-state index contributed by atoms with van der Waals surface area (Å²) in [7, 11) is 2.00. The largest absolute Gasteiger partial charge is 0.387 e. The van der Waals surface area contributed by atoms with Crippen molar-refractivity contribution in [1.82, 2.24) is 5.32 Å². The monoisotopic (exact) mass is 213 g/mol. The lowest BCUT2D eigenvalue weighted by Crippen LogP contribution is -2.40. The number of ether oxygens (including phenoxy) is 1. The highest BCUT2D eigenvalue weighted by atomic mass is 16.5. The molecule has 0 atom stereocenters. The zero-order valence-electron chi connectivity index (χ0n) is 9.67. The van der Waals surface area contributed by atoms with E-state index in [1.165, 1.54) is 0 Å². The first-order valence-electron chi connectivity index (χ1n) is 6.20. The first-order valence-corrected chi connectivity index (χ1v) is 6.20. The second kappa shape index (κ2) is 4.81. The van der Waals surface area contributed by atoms with Gasteiger partial charge in [-0.2, -0.15) is 0 Å². The van der Waals surface area contributed by atoms with Gasteiger partial charge in [-0.15, -0.1) is 0 Å². The Morgan fingerprint density at radius 1 is 1.33 bits per heavy atom. The number of hydrogen-bond donors (Lipinski definition) is 2. The molecule has 0 heterocycles. The summed E-state index contributed by atoms with van der Waals surface area (Å²) >= 11 is 0. The maximum atomic E-state index is 10.1. The van der Waals surface area contributed by atoms with Crippen LogP contribution in [0.15, 0.2) is 0 Å². The van der Waals surface area contributed by atoms with Gasteiger partial charge in [0.1, 0.15) is 0 Å². The lowest BCUT2D eigenvalue weighted by molar-refractivity contribution is -0.102. The van der Waals surface area contributed by atoms with Crippen molar-refractivity contribution in [2.75, 3.05) is 20.2 Å². The maximum absolute atomic E-state index is 10.1. The molecule has 2 N–H and O–H groups in total. The van der Waals surface area contributed by atoms with E-state index in [-0.39, 0.29) is 0 Å². The molecule has 0 aromatic rings. The van der Waals surface area contributed by atoms with Gasteiger partial charge in [-0.05, 0) is 45.2 Å². The molecule has 88 valence electrons. The molecule has 2 fully saturated rings. The molecule has 15 heavy (non-hydrogen) atoms. The molecule has 0 aromatic carbocycles. The van der Waals surface area contributed by atoms with E-state index >= 15 is 0 Å². The molecule has 0 aromatic heterocycles. The third kappa shape index (κ3) is 2.92. The predicted octanol–water partition coefficient (Wildman–Crippen LogP) is 1.31. The van der Waals surface area contributed by atoms with Gasteiger partial charge in [-0.1, -0.05) is 12.8 Å². The minimum Gasteiger partial charge on any atom is -0.387 e. The van der Waals surface area contributed by atoms with Gasteiger partial charge in [0.2, 0.25) is 0 Å². The Bertz CT molecular complexity index is 196. The second-order valence-electron chi connectivity index (χ2n) is 5.26. The first-order chi connectivity index (χ1) is 7.22. The zero-order chi connectivity index (χ0) is 10.7. The first kappa shape index (κ1) is 11.4. The summed E-state index contributed by atoms with van der Waals surface area (Å²) in [4.78, 5) is 0. The highest BCUT2D eigenvalue weighted by Gasteiger charge is 2.35. The Labute approximate surface area is 92.2 Å². The van der Waals surface area contributed by atoms with Crippen LogP contribution in [0.4, 0.5) is 0 Å². The van der Waals surface area contributed by atoms with Gasteiger partial charge in [0.15, 0.2) is 0 Å². The molecule has 0 bridgehead atoms. The minimum atomic E-state index is -0.492. The Balaban J connectivity index is 1.59. The smallest absolute Gasteiger partial charge is 0.0880 e. The molecule has 2 aliphatic rings. The molecule has 0 radical (unpaired) electrons. The van der Waals surface area contributed by atoms with E-state index < -0.39 is 5.60 Å². The molecule has 2 saturated carbocycles. The van der Waals surface area contributed by atoms with Gasteiger partial charge in [0, 0.05) is 0 Å². The van der Waals surface area contributed by atoms with Crippen LogP contribution in [0.5, 0.6) is 0 Å². The van der Waals surface area contributed by atoms with Crippen molar-refractivity contribution in [1.29, 1.82) is 0 Å². The number of hydrogen-bond acceptors (Lipinski definition) is 3. The highest BCUT2D eigenvalue weighted by Crippen LogP contribution is 2.33. The van der Waals surface area contributed by atoms with Crippen LogP contribution in [0.2, 0.25) is 0 Å². The zero-order valence-corrected chi connectivity index (χ0v) is 9.67. The van der Waals surface area contributed by atoms with Crippen molar-refractivity contribution in [3.8, 4) is 0 Å². The van der Waals surface area contributed by atoms with Crippen molar-refractivity contribution in [2.45, 2.75) is 50.2 Å². The van der Waals surface area contributed by atoms with Crippen LogP contribution in [0.3, 0.4) is 0 Å². The average Bonchev–Trinajstić information content (AvgIpc) is 2.57. The highest BCUT2D eigenvalue weighted by molar-refractivity contribution is 4.86. The standard InChI is InChI=1S/C12H23NO2/c1-13-8-10-6-11(7-10)15-9-12(14)4-2-3-5-12/h10-11,13-14H,2-9H2,1H3. The summed E-state index contributed by atoms with van der Waals surface area (Å²) < 4.78 is 5.76. The lowest BCUT2D eigenvalue weighted by Gasteiger charge is -2.37. The van der Waals surface area contributed by atoms with Gasteiger partial charge < -0.3 is 15.2 Å². The van der Waals surface area contributed by atoms with Crippen LogP contribution < -0.4 is 5.32 Å². The van der Waals surface area contributed by atoms with E-state index in [2.05, 4.69) is 5.32 Å². The van der Waals surface area contributed by atoms with Gasteiger partial charge in [0.05, 0.1) is 18.3 Å². The Kier molecular flexibility index (Phi) is 3.65. The maximum Gasteiger partial charge on any atom is 0.0880 e. The van der Waals surface area contributed by atoms with Gasteiger partial charge >= 0.3 is 0 Å². The Morgan fingerprint density at radius 2 is 2.00 bits per heavy atom. The SMILES string of the molecule is CNCC1CC(OCC2(O)CCCC2)C1. The van der Waals surface area contributed by atoms with Gasteiger partial charge in [0.25, 0.3) is 0 Å². The molecule has 2 rings (SSSR count). The predicted molar refractivity (Wildman–Crippen MR) is 59.8 cm³/mol. The van der Waals surface area contributed by atoms with Gasteiger partial charge in [-0.3, -0.25) is 0 Å². The fourth-order valence-corrected chi connectivity index (χ4v) is 2.72. The molecule has 3 heteroatoms. The normalized spacial score (nSPS) is 34.0. The van der Waals surface area contributed by atoms with Crippen LogP contribution >= 0.6 is 0 Å². The number of aliphatic hydroxyl groups is 1. The summed E-state index contributed by atoms with van der Waals surface area (Å²) in [5.41, 5.74) is -0.492. The Hall–Kier alpha value is -0.120. The number of rotatable bonds is 5. The van der Waals surface area contributed by atoms with Crippen molar-refractivity contribution in [3.05, 3.63) is 0 Å². The lowest BCUT2D eigenvalue weighted by atomic mass is 9.82. The van der Waals surface area contributed by atoms with E-state index in [4.69, 9.17) is 4.74 Å². The molecule has 0 spiro atoms. The Morgan fingerprint density at radius 3 is 2.60 bits per heavy atom. The van der Waals surface area contributed by atoms with Crippen LogP contribution in [-0.2, 0) is 4.74 Å². The van der Waals surface area contributed by atoms with E-state index in [0.29, 0.717) is 12.7 Å². The van der Waals surface area contributed by atoms with Crippen molar-refractivity contribution < 1.29 is 9.84 Å². The van der Waals surface area contributed by atoms with Crippen LogP contribution in [-0.4, -0.2) is 37.0 Å². The van der Waals surface area contributed by atoms with E-state index in [1.54, 1.807) is 0 Å². The third-order valence-corrected chi connectivity index (χ3v) is 3.81. The molecule has 0 unspecified atom stereocenters. The average molecular weight is 213 g/mol. The van der Waals surface area contributed by atoms with E-state index in [9.17, 15) is 5.11 Å². The molecule has 3 nitrogen and oxygen atoms in total. The fourth-order valence-electron chi connectivity index (χ4n) is 2.72. The summed E-state index contributed by atoms with van der Waals surface area (Å²) in [5.74, 6) is 0.790. The minimum absolute atomic E-state index is 0.410. The molecular weight excluding hydrogens is 190 g/mol. The third-order valence-electron chi connectivity index (χ3n) is 3.81. The molecule has 0 amide bonds. The van der Waals surface area contributed by atoms with E-state index in [1.807, 2.05) is 7.05 Å². The summed E-state index contributed by atoms with van der Waals surface area (Å²) in [6.45, 7) is 1.66. The second-order valence-corrected chi connectivity index (χ2v) is 5.26. The molecule has 2 aliphatic carbocycles. The fraction of sp³-hybridized carbons (Fsp3) is 1.00. The summed E-state index contributed by atoms with van der Waals surface area (Å²) in [5, 5.41) is 13.3. The number of nitrogens with one attached hydrogen (secondary N) is 1. The quantitative estimate of drug-likeness (QED) is 0.723. The van der Waals surface area contributed by atoms with Crippen molar-refractivity contribution in [2.24, 2.45) is 5.92 Å². The van der Waals surface area contributed by atoms with Crippen molar-refractivity contribution in [3.63, 3.8) is 0 Å². The summed E-state index contributed by atoms with van der Waals surface area (Å²) in [6, 6.07) is 0. The van der Waals surface area contributed by atoms with Gasteiger partial charge in [-0.25, -0.2) is 0 Å². The van der Waals surface area contributed by atoms with Crippen LogP contribution in [0.1, 0.15) is 38.5 Å². The topological polar surface area (TPSA) is 41.5 Å². The van der Waals surface area contributed by atoms with Crippen LogP contribution in [0, 0.1) is 5.92 Å². The molecular formula is C12H23NO2. The molecule has 0 aliphatic heterocycles. The van der Waals surface area contributed by atoms with Crippen molar-refractivity contribution >= 4 is 0 Å². The summed E-state index contributed by atoms with van der Waals surface area (Å²) in [6.07, 6.45) is 6.92. The van der Waals surface area contributed by atoms with Crippen LogP contribution in [0.25, 0.3) is 0 Å².